The minimum Gasteiger partial charge on any atom is -0.444 e. The highest BCUT2D eigenvalue weighted by Gasteiger charge is 2.14. The van der Waals surface area contributed by atoms with Crippen LogP contribution in [0.3, 0.4) is 0 Å². The van der Waals surface area contributed by atoms with Gasteiger partial charge in [-0.1, -0.05) is 13.8 Å². The molecule has 2 aromatic heterocycles. The van der Waals surface area contributed by atoms with E-state index < -0.39 is 0 Å². The van der Waals surface area contributed by atoms with Crippen molar-refractivity contribution in [3.05, 3.63) is 29.7 Å². The number of aryl methyl sites for hydroxylation is 1. The minimum atomic E-state index is -0.0933. The van der Waals surface area contributed by atoms with Gasteiger partial charge in [-0.3, -0.25) is 0 Å². The summed E-state index contributed by atoms with van der Waals surface area (Å²) < 4.78 is 5.49. The summed E-state index contributed by atoms with van der Waals surface area (Å²) in [5, 5.41) is 3.24. The SMILES string of the molecule is Cc1cnc(C(C)Nc2cc(NN)nc(C(C)C)n2)o1. The standard InChI is InChI=1S/C13H20N6O/c1-7(2)12-17-10(5-11(18-12)19-14)16-9(4)13-15-6-8(3)20-13/h5-7,9H,14H2,1-4H3,(H2,16,17,18,19). The van der Waals surface area contributed by atoms with Crippen LogP contribution in [-0.4, -0.2) is 15.0 Å². The van der Waals surface area contributed by atoms with E-state index in [9.17, 15) is 0 Å². The third kappa shape index (κ3) is 3.24. The van der Waals surface area contributed by atoms with Crippen molar-refractivity contribution in [1.29, 1.82) is 0 Å². The Balaban J connectivity index is 2.21. The second-order valence-corrected chi connectivity index (χ2v) is 4.97. The average molecular weight is 276 g/mol. The molecule has 2 heterocycles. The molecule has 108 valence electrons. The molecule has 7 nitrogen and oxygen atoms in total. The zero-order chi connectivity index (χ0) is 14.7. The Kier molecular flexibility index (Phi) is 4.19. The van der Waals surface area contributed by atoms with E-state index in [4.69, 9.17) is 10.3 Å². The number of hydrazine groups is 1. The van der Waals surface area contributed by atoms with Crippen LogP contribution in [0.25, 0.3) is 0 Å². The van der Waals surface area contributed by atoms with E-state index in [1.807, 2.05) is 27.7 Å². The predicted molar refractivity (Wildman–Crippen MR) is 77.2 cm³/mol. The molecule has 0 fully saturated rings. The molecule has 7 heteroatoms. The Labute approximate surface area is 118 Å². The summed E-state index contributed by atoms with van der Waals surface area (Å²) >= 11 is 0. The zero-order valence-corrected chi connectivity index (χ0v) is 12.1. The number of anilines is 2. The number of nitrogens with one attached hydrogen (secondary N) is 2. The first-order chi connectivity index (χ1) is 9.49. The third-order valence-electron chi connectivity index (χ3n) is 2.78. The number of aromatic nitrogens is 3. The molecule has 1 atom stereocenters. The van der Waals surface area contributed by atoms with Gasteiger partial charge < -0.3 is 15.2 Å². The highest BCUT2D eigenvalue weighted by Crippen LogP contribution is 2.21. The van der Waals surface area contributed by atoms with Gasteiger partial charge >= 0.3 is 0 Å². The normalized spacial score (nSPS) is 12.5. The van der Waals surface area contributed by atoms with Crippen LogP contribution in [0, 0.1) is 6.92 Å². The van der Waals surface area contributed by atoms with E-state index in [-0.39, 0.29) is 12.0 Å². The van der Waals surface area contributed by atoms with Gasteiger partial charge in [0.05, 0.1) is 6.20 Å². The Hall–Kier alpha value is -2.15. The van der Waals surface area contributed by atoms with Crippen LogP contribution in [0.2, 0.25) is 0 Å². The minimum absolute atomic E-state index is 0.0933. The monoisotopic (exact) mass is 276 g/mol. The van der Waals surface area contributed by atoms with E-state index in [1.165, 1.54) is 0 Å². The molecule has 0 bridgehead atoms. The van der Waals surface area contributed by atoms with Gasteiger partial charge in [0.2, 0.25) is 5.89 Å². The molecule has 0 radical (unpaired) electrons. The van der Waals surface area contributed by atoms with E-state index in [0.29, 0.717) is 17.5 Å². The van der Waals surface area contributed by atoms with Gasteiger partial charge in [0.15, 0.2) is 0 Å². The zero-order valence-electron chi connectivity index (χ0n) is 12.1. The Morgan fingerprint density at radius 1 is 1.20 bits per heavy atom. The van der Waals surface area contributed by atoms with Crippen LogP contribution in [0.4, 0.5) is 11.6 Å². The van der Waals surface area contributed by atoms with Crippen LogP contribution in [-0.2, 0) is 0 Å². The van der Waals surface area contributed by atoms with Crippen LogP contribution >= 0.6 is 0 Å². The van der Waals surface area contributed by atoms with E-state index in [1.54, 1.807) is 12.3 Å². The first kappa shape index (κ1) is 14.3. The highest BCUT2D eigenvalue weighted by molar-refractivity contribution is 5.47. The first-order valence-corrected chi connectivity index (χ1v) is 6.54. The van der Waals surface area contributed by atoms with Gasteiger partial charge in [-0.2, -0.15) is 0 Å². The van der Waals surface area contributed by atoms with Crippen LogP contribution in [0.1, 0.15) is 50.2 Å². The van der Waals surface area contributed by atoms with Crippen molar-refractivity contribution < 1.29 is 4.42 Å². The van der Waals surface area contributed by atoms with E-state index in [0.717, 1.165) is 11.6 Å². The van der Waals surface area contributed by atoms with Crippen molar-refractivity contribution in [2.75, 3.05) is 10.7 Å². The van der Waals surface area contributed by atoms with E-state index in [2.05, 4.69) is 25.7 Å². The molecular formula is C13H20N6O. The van der Waals surface area contributed by atoms with Crippen LogP contribution in [0.5, 0.6) is 0 Å². The quantitative estimate of drug-likeness (QED) is 0.569. The second-order valence-electron chi connectivity index (χ2n) is 4.97. The van der Waals surface area contributed by atoms with Crippen molar-refractivity contribution >= 4 is 11.6 Å². The Morgan fingerprint density at radius 3 is 2.45 bits per heavy atom. The summed E-state index contributed by atoms with van der Waals surface area (Å²) in [7, 11) is 0. The molecule has 0 saturated heterocycles. The fourth-order valence-electron chi connectivity index (χ4n) is 1.73. The van der Waals surface area contributed by atoms with Crippen molar-refractivity contribution in [2.24, 2.45) is 5.84 Å². The molecule has 4 N–H and O–H groups in total. The summed E-state index contributed by atoms with van der Waals surface area (Å²) in [6.07, 6.45) is 1.69. The van der Waals surface area contributed by atoms with Crippen molar-refractivity contribution in [3.63, 3.8) is 0 Å². The molecule has 0 amide bonds. The summed E-state index contributed by atoms with van der Waals surface area (Å²) in [6.45, 7) is 7.87. The number of nitrogens with two attached hydrogens (primary N) is 1. The van der Waals surface area contributed by atoms with Crippen molar-refractivity contribution in [3.8, 4) is 0 Å². The number of hydrogen-bond donors (Lipinski definition) is 3. The fourth-order valence-corrected chi connectivity index (χ4v) is 1.73. The molecular weight excluding hydrogens is 256 g/mol. The molecule has 0 spiro atoms. The first-order valence-electron chi connectivity index (χ1n) is 6.54. The van der Waals surface area contributed by atoms with Gasteiger partial charge in [0, 0.05) is 12.0 Å². The van der Waals surface area contributed by atoms with E-state index >= 15 is 0 Å². The lowest BCUT2D eigenvalue weighted by molar-refractivity contribution is 0.453. The van der Waals surface area contributed by atoms with Crippen molar-refractivity contribution in [2.45, 2.75) is 39.7 Å². The Bertz CT molecular complexity index is 580. The molecule has 2 rings (SSSR count). The number of nitrogen functional groups attached to an aromatic ring is 1. The molecule has 0 aliphatic rings. The maximum absolute atomic E-state index is 5.49. The smallest absolute Gasteiger partial charge is 0.216 e. The van der Waals surface area contributed by atoms with Gasteiger partial charge in [0.25, 0.3) is 0 Å². The second kappa shape index (κ2) is 5.87. The fraction of sp³-hybridized carbons (Fsp3) is 0.462. The molecule has 20 heavy (non-hydrogen) atoms. The largest absolute Gasteiger partial charge is 0.444 e. The highest BCUT2D eigenvalue weighted by atomic mass is 16.4. The summed E-state index contributed by atoms with van der Waals surface area (Å²) in [6, 6.07) is 1.65. The lowest BCUT2D eigenvalue weighted by atomic mass is 10.2. The lowest BCUT2D eigenvalue weighted by Crippen LogP contribution is -2.14. The predicted octanol–water partition coefficient (Wildman–Crippen LogP) is 2.36. The molecule has 0 saturated carbocycles. The van der Waals surface area contributed by atoms with Crippen molar-refractivity contribution in [1.82, 2.24) is 15.0 Å². The van der Waals surface area contributed by atoms with Gasteiger partial charge in [-0.05, 0) is 13.8 Å². The number of oxazole rings is 1. The maximum Gasteiger partial charge on any atom is 0.216 e. The lowest BCUT2D eigenvalue weighted by Gasteiger charge is -2.14. The van der Waals surface area contributed by atoms with Gasteiger partial charge in [0.1, 0.15) is 29.3 Å². The van der Waals surface area contributed by atoms with Gasteiger partial charge in [-0.15, -0.1) is 0 Å². The van der Waals surface area contributed by atoms with Crippen LogP contribution in [0.15, 0.2) is 16.7 Å². The molecule has 1 unspecified atom stereocenters. The van der Waals surface area contributed by atoms with Crippen LogP contribution < -0.4 is 16.6 Å². The summed E-state index contributed by atoms with van der Waals surface area (Å²) in [5.41, 5.74) is 2.55. The summed E-state index contributed by atoms with van der Waals surface area (Å²) in [4.78, 5) is 13.0. The number of nitrogens with zero attached hydrogens (tertiary/aromatic N) is 3. The summed E-state index contributed by atoms with van der Waals surface area (Å²) in [5.74, 6) is 9.02. The molecule has 0 aromatic carbocycles. The molecule has 0 aliphatic carbocycles. The number of hydrogen-bond acceptors (Lipinski definition) is 7. The third-order valence-corrected chi connectivity index (χ3v) is 2.78. The Morgan fingerprint density at radius 2 is 1.90 bits per heavy atom. The average Bonchev–Trinajstić information content (AvgIpc) is 2.85. The number of rotatable bonds is 5. The topological polar surface area (TPSA) is 102 Å². The van der Waals surface area contributed by atoms with Gasteiger partial charge in [-0.25, -0.2) is 20.8 Å². The maximum atomic E-state index is 5.49. The molecule has 2 aromatic rings. The molecule has 0 aliphatic heterocycles.